The van der Waals surface area contributed by atoms with Crippen molar-refractivity contribution in [3.05, 3.63) is 0 Å². The van der Waals surface area contributed by atoms with Crippen LogP contribution in [0.1, 0.15) is 52.9 Å². The molecule has 1 nitrogen and oxygen atoms in total. The van der Waals surface area contributed by atoms with E-state index >= 15 is 0 Å². The third kappa shape index (κ3) is 0.836. The van der Waals surface area contributed by atoms with Crippen LogP contribution in [0, 0.1) is 28.6 Å². The maximum atomic E-state index is 5.89. The van der Waals surface area contributed by atoms with Crippen LogP contribution in [0.25, 0.3) is 0 Å². The van der Waals surface area contributed by atoms with Crippen LogP contribution in [-0.2, 0) is 4.74 Å². The first-order valence-corrected chi connectivity index (χ1v) is 7.16. The molecule has 0 aromatic heterocycles. The lowest BCUT2D eigenvalue weighted by Crippen LogP contribution is -2.53. The first kappa shape index (κ1) is 9.94. The van der Waals surface area contributed by atoms with Crippen LogP contribution in [0.4, 0.5) is 0 Å². The van der Waals surface area contributed by atoms with E-state index in [9.17, 15) is 0 Å². The molecule has 1 aliphatic heterocycles. The fourth-order valence-corrected chi connectivity index (χ4v) is 6.07. The quantitative estimate of drug-likeness (QED) is 0.615. The summed E-state index contributed by atoms with van der Waals surface area (Å²) >= 11 is 0. The van der Waals surface area contributed by atoms with Crippen LogP contribution in [0.2, 0.25) is 0 Å². The lowest BCUT2D eigenvalue weighted by molar-refractivity contribution is -0.0895. The number of ether oxygens (including phenoxy) is 1. The molecule has 0 radical (unpaired) electrons. The van der Waals surface area contributed by atoms with Gasteiger partial charge in [-0.1, -0.05) is 20.3 Å². The molecule has 4 rings (SSSR count). The smallest absolute Gasteiger partial charge is 0.0947 e. The Morgan fingerprint density at radius 1 is 1.19 bits per heavy atom. The molecule has 0 aromatic rings. The predicted molar refractivity (Wildman–Crippen MR) is 64.1 cm³/mol. The van der Waals surface area contributed by atoms with Crippen LogP contribution in [0.15, 0.2) is 0 Å². The van der Waals surface area contributed by atoms with Gasteiger partial charge in [-0.05, 0) is 55.8 Å². The molecule has 1 heterocycles. The standard InChI is InChI=1S/C15H24O/c1-10-11-7-12-13(10,2)5-4-6-15(12,8-11)14(3)9-16-14/h10-12H,4-9H2,1-3H3. The SMILES string of the molecule is CC1C2CC3C1(C)CCCC3(C1(C)CO1)C2. The summed E-state index contributed by atoms with van der Waals surface area (Å²) in [6.07, 6.45) is 7.37. The molecule has 0 amide bonds. The lowest BCUT2D eigenvalue weighted by Gasteiger charge is -2.56. The number of fused-ring (bicyclic) bond motifs is 1. The zero-order chi connectivity index (χ0) is 11.2. The van der Waals surface area contributed by atoms with Gasteiger partial charge in [0.15, 0.2) is 0 Å². The summed E-state index contributed by atoms with van der Waals surface area (Å²) in [5.74, 6) is 2.95. The Morgan fingerprint density at radius 2 is 1.94 bits per heavy atom. The summed E-state index contributed by atoms with van der Waals surface area (Å²) < 4.78 is 5.89. The van der Waals surface area contributed by atoms with E-state index < -0.39 is 0 Å². The van der Waals surface area contributed by atoms with Crippen molar-refractivity contribution in [2.45, 2.75) is 58.5 Å². The Bertz CT molecular complexity index is 345. The molecule has 2 bridgehead atoms. The van der Waals surface area contributed by atoms with E-state index in [0.29, 0.717) is 10.8 Å². The topological polar surface area (TPSA) is 12.5 Å². The minimum Gasteiger partial charge on any atom is -0.369 e. The lowest BCUT2D eigenvalue weighted by atomic mass is 9.48. The molecule has 6 atom stereocenters. The van der Waals surface area contributed by atoms with Crippen LogP contribution in [0.3, 0.4) is 0 Å². The molecule has 3 aliphatic carbocycles. The maximum absolute atomic E-state index is 5.89. The zero-order valence-electron chi connectivity index (χ0n) is 10.9. The summed E-state index contributed by atoms with van der Waals surface area (Å²) in [6, 6.07) is 0. The van der Waals surface area contributed by atoms with Crippen LogP contribution >= 0.6 is 0 Å². The Kier molecular flexibility index (Phi) is 1.57. The Morgan fingerprint density at radius 3 is 2.56 bits per heavy atom. The van der Waals surface area contributed by atoms with Gasteiger partial charge >= 0.3 is 0 Å². The normalized spacial score (nSPS) is 67.3. The summed E-state index contributed by atoms with van der Waals surface area (Å²) in [4.78, 5) is 0. The molecule has 3 saturated carbocycles. The number of rotatable bonds is 1. The summed E-state index contributed by atoms with van der Waals surface area (Å²) in [7, 11) is 0. The molecular weight excluding hydrogens is 196 g/mol. The molecule has 16 heavy (non-hydrogen) atoms. The Balaban J connectivity index is 1.82. The van der Waals surface area contributed by atoms with Gasteiger partial charge in [0.1, 0.15) is 0 Å². The van der Waals surface area contributed by atoms with Gasteiger partial charge in [-0.2, -0.15) is 0 Å². The van der Waals surface area contributed by atoms with E-state index in [0.717, 1.165) is 24.4 Å². The first-order chi connectivity index (χ1) is 7.52. The summed E-state index contributed by atoms with van der Waals surface area (Å²) in [5.41, 5.74) is 1.50. The van der Waals surface area contributed by atoms with E-state index in [1.807, 2.05) is 0 Å². The molecule has 1 heteroatoms. The predicted octanol–water partition coefficient (Wildman–Crippen LogP) is 3.63. The van der Waals surface area contributed by atoms with Crippen molar-refractivity contribution in [1.29, 1.82) is 0 Å². The second-order valence-electron chi connectivity index (χ2n) is 7.58. The van der Waals surface area contributed by atoms with Gasteiger partial charge in [0.25, 0.3) is 0 Å². The van der Waals surface area contributed by atoms with Crippen molar-refractivity contribution in [1.82, 2.24) is 0 Å². The third-order valence-electron chi connectivity index (χ3n) is 7.34. The van der Waals surface area contributed by atoms with Gasteiger partial charge in [0.05, 0.1) is 12.2 Å². The zero-order valence-corrected chi connectivity index (χ0v) is 10.9. The second-order valence-corrected chi connectivity index (χ2v) is 7.58. The minimum atomic E-state index is 0.272. The van der Waals surface area contributed by atoms with Gasteiger partial charge in [0.2, 0.25) is 0 Å². The molecule has 0 aromatic carbocycles. The average Bonchev–Trinajstić information content (AvgIpc) is 2.79. The van der Waals surface area contributed by atoms with Crippen LogP contribution in [0.5, 0.6) is 0 Å². The van der Waals surface area contributed by atoms with E-state index in [2.05, 4.69) is 20.8 Å². The Hall–Kier alpha value is -0.0400. The fraction of sp³-hybridized carbons (Fsp3) is 1.00. The number of hydrogen-bond acceptors (Lipinski definition) is 1. The first-order valence-electron chi connectivity index (χ1n) is 7.16. The highest BCUT2D eigenvalue weighted by atomic mass is 16.6. The van der Waals surface area contributed by atoms with Crippen molar-refractivity contribution in [2.75, 3.05) is 6.61 Å². The summed E-state index contributed by atoms with van der Waals surface area (Å²) in [5, 5.41) is 0. The van der Waals surface area contributed by atoms with E-state index in [4.69, 9.17) is 4.74 Å². The summed E-state index contributed by atoms with van der Waals surface area (Å²) in [6.45, 7) is 8.54. The monoisotopic (exact) mass is 220 g/mol. The van der Waals surface area contributed by atoms with Gasteiger partial charge in [-0.3, -0.25) is 0 Å². The van der Waals surface area contributed by atoms with Gasteiger partial charge < -0.3 is 4.74 Å². The molecule has 0 N–H and O–H groups in total. The van der Waals surface area contributed by atoms with Crippen molar-refractivity contribution in [2.24, 2.45) is 28.6 Å². The van der Waals surface area contributed by atoms with Crippen LogP contribution < -0.4 is 0 Å². The van der Waals surface area contributed by atoms with Gasteiger partial charge in [-0.15, -0.1) is 0 Å². The number of epoxide rings is 1. The van der Waals surface area contributed by atoms with Crippen molar-refractivity contribution < 1.29 is 4.74 Å². The van der Waals surface area contributed by atoms with Crippen molar-refractivity contribution in [3.63, 3.8) is 0 Å². The van der Waals surface area contributed by atoms with Gasteiger partial charge in [0, 0.05) is 5.41 Å². The molecule has 1 saturated heterocycles. The minimum absolute atomic E-state index is 0.272. The average molecular weight is 220 g/mol. The van der Waals surface area contributed by atoms with E-state index in [1.165, 1.54) is 32.1 Å². The maximum Gasteiger partial charge on any atom is 0.0947 e. The van der Waals surface area contributed by atoms with Crippen molar-refractivity contribution >= 4 is 0 Å². The largest absolute Gasteiger partial charge is 0.369 e. The highest BCUT2D eigenvalue weighted by molar-refractivity contribution is 5.21. The van der Waals surface area contributed by atoms with E-state index in [1.54, 1.807) is 0 Å². The molecule has 0 spiro atoms. The molecule has 6 unspecified atom stereocenters. The molecule has 4 fully saturated rings. The molecular formula is C15H24O. The van der Waals surface area contributed by atoms with E-state index in [-0.39, 0.29) is 5.60 Å². The fourth-order valence-electron chi connectivity index (χ4n) is 6.07. The molecule has 90 valence electrons. The van der Waals surface area contributed by atoms with Crippen LogP contribution in [-0.4, -0.2) is 12.2 Å². The highest BCUT2D eigenvalue weighted by Crippen LogP contribution is 2.76. The Labute approximate surface area is 98.9 Å². The van der Waals surface area contributed by atoms with Crippen molar-refractivity contribution in [3.8, 4) is 0 Å². The van der Waals surface area contributed by atoms with Gasteiger partial charge in [-0.25, -0.2) is 0 Å². The highest BCUT2D eigenvalue weighted by Gasteiger charge is 2.73. The number of hydrogen-bond donors (Lipinski definition) is 0. The third-order valence-corrected chi connectivity index (χ3v) is 7.34. The molecule has 4 aliphatic rings. The second kappa shape index (κ2) is 2.53.